The summed E-state index contributed by atoms with van der Waals surface area (Å²) in [6.45, 7) is 5.86. The lowest BCUT2D eigenvalue weighted by Crippen LogP contribution is -2.40. The van der Waals surface area contributed by atoms with Gasteiger partial charge in [-0.2, -0.15) is 5.26 Å². The van der Waals surface area contributed by atoms with E-state index in [1.165, 1.54) is 4.90 Å². The van der Waals surface area contributed by atoms with Crippen molar-refractivity contribution in [2.75, 3.05) is 18.8 Å². The summed E-state index contributed by atoms with van der Waals surface area (Å²) in [5.74, 6) is 0. The van der Waals surface area contributed by atoms with Crippen LogP contribution in [0.5, 0.6) is 0 Å². The van der Waals surface area contributed by atoms with Crippen LogP contribution in [0.15, 0.2) is 48.5 Å². The number of anilines is 1. The SMILES string of the molecule is CC(C)(C)OC(=O)N(CCc1ccc(N)cc1)C[C@H](O)c1cccc(C#N)c1. The Morgan fingerprint density at radius 3 is 2.54 bits per heavy atom. The van der Waals surface area contributed by atoms with Gasteiger partial charge in [-0.25, -0.2) is 4.79 Å². The van der Waals surface area contributed by atoms with Gasteiger partial charge in [0.15, 0.2) is 0 Å². The molecule has 0 bridgehead atoms. The van der Waals surface area contributed by atoms with Crippen LogP contribution in [0.4, 0.5) is 10.5 Å². The number of aliphatic hydroxyl groups is 1. The molecule has 0 aliphatic heterocycles. The number of nitrogens with zero attached hydrogens (tertiary/aromatic N) is 2. The molecule has 1 atom stereocenters. The smallest absolute Gasteiger partial charge is 0.410 e. The van der Waals surface area contributed by atoms with Gasteiger partial charge in [-0.05, 0) is 62.6 Å². The van der Waals surface area contributed by atoms with E-state index >= 15 is 0 Å². The zero-order valence-corrected chi connectivity index (χ0v) is 16.6. The number of hydrogen-bond donors (Lipinski definition) is 2. The molecule has 6 nitrogen and oxygen atoms in total. The van der Waals surface area contributed by atoms with Crippen LogP contribution in [0.3, 0.4) is 0 Å². The Morgan fingerprint density at radius 2 is 1.93 bits per heavy atom. The third kappa shape index (κ3) is 6.60. The zero-order chi connectivity index (χ0) is 20.7. The number of carbonyl (C=O) groups excluding carboxylic acids is 1. The third-order valence-corrected chi connectivity index (χ3v) is 4.10. The van der Waals surface area contributed by atoms with Crippen LogP contribution in [0.2, 0.25) is 0 Å². The maximum Gasteiger partial charge on any atom is 0.410 e. The summed E-state index contributed by atoms with van der Waals surface area (Å²) in [4.78, 5) is 14.1. The van der Waals surface area contributed by atoms with Gasteiger partial charge in [0.1, 0.15) is 5.60 Å². The lowest BCUT2D eigenvalue weighted by Gasteiger charge is -2.29. The van der Waals surface area contributed by atoms with Crippen LogP contribution in [0.1, 0.15) is 43.6 Å². The monoisotopic (exact) mass is 381 g/mol. The van der Waals surface area contributed by atoms with Crippen LogP contribution in [0, 0.1) is 11.3 Å². The van der Waals surface area contributed by atoms with Crippen molar-refractivity contribution < 1.29 is 14.6 Å². The summed E-state index contributed by atoms with van der Waals surface area (Å²) < 4.78 is 5.49. The molecule has 0 fully saturated rings. The van der Waals surface area contributed by atoms with E-state index in [0.29, 0.717) is 29.8 Å². The first-order chi connectivity index (χ1) is 13.2. The molecular weight excluding hydrogens is 354 g/mol. The minimum absolute atomic E-state index is 0.0682. The molecule has 0 unspecified atom stereocenters. The normalized spacial score (nSPS) is 12.1. The standard InChI is InChI=1S/C22H27N3O3/c1-22(2,3)28-21(27)25(12-11-16-7-9-19(24)10-8-16)15-20(26)18-6-4-5-17(13-18)14-23/h4-10,13,20,26H,11-12,15,24H2,1-3H3/t20-/m0/s1. The molecular formula is C22H27N3O3. The molecule has 0 spiro atoms. The van der Waals surface area contributed by atoms with Gasteiger partial charge in [-0.15, -0.1) is 0 Å². The predicted molar refractivity (Wildman–Crippen MR) is 108 cm³/mol. The molecule has 2 aromatic rings. The van der Waals surface area contributed by atoms with E-state index in [2.05, 4.69) is 6.07 Å². The van der Waals surface area contributed by atoms with E-state index in [1.807, 2.05) is 24.3 Å². The number of nitriles is 1. The number of aliphatic hydroxyl groups excluding tert-OH is 1. The molecule has 6 heteroatoms. The highest BCUT2D eigenvalue weighted by Crippen LogP contribution is 2.18. The van der Waals surface area contributed by atoms with Gasteiger partial charge >= 0.3 is 6.09 Å². The van der Waals surface area contributed by atoms with Gasteiger partial charge in [-0.3, -0.25) is 0 Å². The van der Waals surface area contributed by atoms with Crippen molar-refractivity contribution in [2.45, 2.75) is 38.9 Å². The minimum atomic E-state index is -0.924. The second kappa shape index (κ2) is 9.25. The number of benzene rings is 2. The van der Waals surface area contributed by atoms with Gasteiger partial charge in [-0.1, -0.05) is 24.3 Å². The van der Waals surface area contributed by atoms with E-state index in [-0.39, 0.29) is 6.54 Å². The summed E-state index contributed by atoms with van der Waals surface area (Å²) >= 11 is 0. The van der Waals surface area contributed by atoms with Crippen LogP contribution in [-0.2, 0) is 11.2 Å². The fraction of sp³-hybridized carbons (Fsp3) is 0.364. The topological polar surface area (TPSA) is 99.6 Å². The van der Waals surface area contributed by atoms with E-state index in [9.17, 15) is 9.90 Å². The van der Waals surface area contributed by atoms with E-state index < -0.39 is 17.8 Å². The highest BCUT2D eigenvalue weighted by Gasteiger charge is 2.24. The largest absolute Gasteiger partial charge is 0.444 e. The molecule has 0 saturated carbocycles. The first-order valence-corrected chi connectivity index (χ1v) is 9.18. The number of carbonyl (C=O) groups is 1. The first kappa shape index (κ1) is 21.3. The van der Waals surface area contributed by atoms with Crippen LogP contribution in [-0.4, -0.2) is 34.8 Å². The Balaban J connectivity index is 2.13. The van der Waals surface area contributed by atoms with Gasteiger partial charge in [0, 0.05) is 12.2 Å². The van der Waals surface area contributed by atoms with Crippen LogP contribution in [0.25, 0.3) is 0 Å². The number of nitrogen functional groups attached to an aromatic ring is 1. The zero-order valence-electron chi connectivity index (χ0n) is 16.6. The molecule has 2 aromatic carbocycles. The van der Waals surface area contributed by atoms with Crippen molar-refractivity contribution in [3.05, 3.63) is 65.2 Å². The lowest BCUT2D eigenvalue weighted by atomic mass is 10.1. The number of amides is 1. The predicted octanol–water partition coefficient (Wildman–Crippen LogP) is 3.65. The molecule has 28 heavy (non-hydrogen) atoms. The maximum atomic E-state index is 12.6. The molecule has 0 aliphatic carbocycles. The molecule has 3 N–H and O–H groups in total. The van der Waals surface area contributed by atoms with E-state index in [0.717, 1.165) is 5.56 Å². The second-order valence-electron chi connectivity index (χ2n) is 7.67. The van der Waals surface area contributed by atoms with Crippen molar-refractivity contribution in [3.63, 3.8) is 0 Å². The average molecular weight is 381 g/mol. The second-order valence-corrected chi connectivity index (χ2v) is 7.67. The Kier molecular flexibility index (Phi) is 7.02. The molecule has 0 heterocycles. The molecule has 2 rings (SSSR count). The minimum Gasteiger partial charge on any atom is -0.444 e. The van der Waals surface area contributed by atoms with E-state index in [1.54, 1.807) is 45.0 Å². The Labute approximate surface area is 166 Å². The lowest BCUT2D eigenvalue weighted by molar-refractivity contribution is 0.0147. The average Bonchev–Trinajstić information content (AvgIpc) is 2.64. The number of rotatable bonds is 6. The highest BCUT2D eigenvalue weighted by molar-refractivity contribution is 5.68. The molecule has 0 aliphatic rings. The molecule has 148 valence electrons. The summed E-state index contributed by atoms with van der Waals surface area (Å²) in [6, 6.07) is 16.2. The summed E-state index contributed by atoms with van der Waals surface area (Å²) in [7, 11) is 0. The van der Waals surface area contributed by atoms with Gasteiger partial charge in [0.25, 0.3) is 0 Å². The Hall–Kier alpha value is -3.04. The summed E-state index contributed by atoms with van der Waals surface area (Å²) in [5.41, 5.74) is 7.83. The number of hydrogen-bond acceptors (Lipinski definition) is 5. The van der Waals surface area contributed by atoms with Crippen molar-refractivity contribution in [2.24, 2.45) is 0 Å². The van der Waals surface area contributed by atoms with Crippen molar-refractivity contribution in [1.29, 1.82) is 5.26 Å². The van der Waals surface area contributed by atoms with Crippen LogP contribution < -0.4 is 5.73 Å². The van der Waals surface area contributed by atoms with Crippen LogP contribution >= 0.6 is 0 Å². The van der Waals surface area contributed by atoms with Crippen molar-refractivity contribution >= 4 is 11.8 Å². The van der Waals surface area contributed by atoms with Crippen molar-refractivity contribution in [3.8, 4) is 6.07 Å². The quantitative estimate of drug-likeness (QED) is 0.744. The number of ether oxygens (including phenoxy) is 1. The molecule has 0 saturated heterocycles. The molecule has 0 aromatic heterocycles. The maximum absolute atomic E-state index is 12.6. The first-order valence-electron chi connectivity index (χ1n) is 9.18. The van der Waals surface area contributed by atoms with E-state index in [4.69, 9.17) is 15.7 Å². The molecule has 0 radical (unpaired) electrons. The van der Waals surface area contributed by atoms with Gasteiger partial charge in [0.2, 0.25) is 0 Å². The van der Waals surface area contributed by atoms with Gasteiger partial charge in [0.05, 0.1) is 24.3 Å². The number of nitrogens with two attached hydrogens (primary N) is 1. The fourth-order valence-electron chi connectivity index (χ4n) is 2.66. The highest BCUT2D eigenvalue weighted by atomic mass is 16.6. The van der Waals surface area contributed by atoms with Crippen molar-refractivity contribution in [1.82, 2.24) is 4.90 Å². The Bertz CT molecular complexity index is 835. The summed E-state index contributed by atoms with van der Waals surface area (Å²) in [6.07, 6.45) is -0.810. The fourth-order valence-corrected chi connectivity index (χ4v) is 2.66. The Morgan fingerprint density at radius 1 is 1.25 bits per heavy atom. The third-order valence-electron chi connectivity index (χ3n) is 4.10. The molecule has 1 amide bonds. The summed E-state index contributed by atoms with van der Waals surface area (Å²) in [5, 5.41) is 19.7. The van der Waals surface area contributed by atoms with Gasteiger partial charge < -0.3 is 20.5 Å².